The molecule has 2 fully saturated rings. The Morgan fingerprint density at radius 3 is 1.75 bits per heavy atom. The Hall–Kier alpha value is -1.42. The molecule has 0 radical (unpaired) electrons. The molecule has 1 aliphatic carbocycles. The zero-order valence-corrected chi connectivity index (χ0v) is 21.2. The van der Waals surface area contributed by atoms with E-state index in [0.29, 0.717) is 64.8 Å². The minimum atomic E-state index is -0.922. The summed E-state index contributed by atoms with van der Waals surface area (Å²) in [6, 6.07) is 0.0942. The van der Waals surface area contributed by atoms with Crippen molar-refractivity contribution < 1.29 is 40.1 Å². The van der Waals surface area contributed by atoms with E-state index in [1.165, 1.54) is 0 Å². The van der Waals surface area contributed by atoms with Gasteiger partial charge in [-0.3, -0.25) is 39.7 Å². The standard InChI is InChI=1S/C23H45N5O8/c24-20-3-1-19(2-4-20)15-21-16-27(17-22(29)30)8-7-25(11-13-35-33)5-6-26(12-14-36-34)9-10-28(21)18-23(31)32/h19-21,33-34H,1-18,24H2,(H,29,30)(H,31,32). The van der Waals surface area contributed by atoms with Crippen molar-refractivity contribution in [2.24, 2.45) is 11.7 Å². The van der Waals surface area contributed by atoms with E-state index in [1.54, 1.807) is 0 Å². The van der Waals surface area contributed by atoms with Crippen LogP contribution in [0.4, 0.5) is 0 Å². The molecule has 1 saturated heterocycles. The normalized spacial score (nSPS) is 26.8. The number of carboxylic acids is 2. The molecule has 0 aromatic heterocycles. The molecule has 1 unspecified atom stereocenters. The van der Waals surface area contributed by atoms with Crippen LogP contribution in [0, 0.1) is 5.92 Å². The van der Waals surface area contributed by atoms with Gasteiger partial charge in [-0.1, -0.05) is 0 Å². The first-order valence-electron chi connectivity index (χ1n) is 12.9. The van der Waals surface area contributed by atoms with Crippen molar-refractivity contribution in [1.29, 1.82) is 0 Å². The lowest BCUT2D eigenvalue weighted by atomic mass is 9.82. The van der Waals surface area contributed by atoms with Crippen LogP contribution in [-0.4, -0.2) is 150 Å². The Morgan fingerprint density at radius 2 is 1.25 bits per heavy atom. The summed E-state index contributed by atoms with van der Waals surface area (Å²) >= 11 is 0. The molecule has 0 bridgehead atoms. The molecule has 36 heavy (non-hydrogen) atoms. The van der Waals surface area contributed by atoms with Gasteiger partial charge in [-0.15, -0.1) is 0 Å². The highest BCUT2D eigenvalue weighted by molar-refractivity contribution is 5.69. The summed E-state index contributed by atoms with van der Waals surface area (Å²) in [6.07, 6.45) is 4.68. The number of hydrogen-bond acceptors (Lipinski definition) is 11. The average molecular weight is 520 g/mol. The van der Waals surface area contributed by atoms with Crippen molar-refractivity contribution in [3.63, 3.8) is 0 Å². The second kappa shape index (κ2) is 17.2. The molecule has 0 aromatic carbocycles. The summed E-state index contributed by atoms with van der Waals surface area (Å²) in [5.41, 5.74) is 6.09. The molecule has 210 valence electrons. The number of hydrogen-bond donors (Lipinski definition) is 5. The first-order chi connectivity index (χ1) is 17.3. The molecule has 0 amide bonds. The van der Waals surface area contributed by atoms with Gasteiger partial charge >= 0.3 is 11.9 Å². The Bertz CT molecular complexity index is 638. The molecule has 0 aromatic rings. The van der Waals surface area contributed by atoms with Gasteiger partial charge in [0.1, 0.15) is 0 Å². The molecule has 1 aliphatic heterocycles. The third-order valence-electron chi connectivity index (χ3n) is 7.35. The first-order valence-corrected chi connectivity index (χ1v) is 12.9. The monoisotopic (exact) mass is 519 g/mol. The van der Waals surface area contributed by atoms with Crippen LogP contribution in [0.5, 0.6) is 0 Å². The molecule has 13 heteroatoms. The number of carboxylic acid groups (broad SMARTS) is 2. The van der Waals surface area contributed by atoms with Crippen LogP contribution in [0.2, 0.25) is 0 Å². The van der Waals surface area contributed by atoms with Crippen molar-refractivity contribution in [2.45, 2.75) is 44.2 Å². The molecule has 6 N–H and O–H groups in total. The fourth-order valence-electron chi connectivity index (χ4n) is 5.28. The fraction of sp³-hybridized carbons (Fsp3) is 0.913. The second-order valence-electron chi connectivity index (χ2n) is 10.0. The van der Waals surface area contributed by atoms with Gasteiger partial charge in [0.2, 0.25) is 0 Å². The molecule has 1 atom stereocenters. The molecule has 1 saturated carbocycles. The number of nitrogens with zero attached hydrogens (tertiary/aromatic N) is 4. The maximum atomic E-state index is 11.8. The van der Waals surface area contributed by atoms with E-state index in [0.717, 1.165) is 32.1 Å². The predicted octanol–water partition coefficient (Wildman–Crippen LogP) is -0.367. The van der Waals surface area contributed by atoms with Crippen LogP contribution >= 0.6 is 0 Å². The van der Waals surface area contributed by atoms with Crippen LogP contribution in [0.1, 0.15) is 32.1 Å². The van der Waals surface area contributed by atoms with E-state index >= 15 is 0 Å². The van der Waals surface area contributed by atoms with E-state index in [-0.39, 0.29) is 38.4 Å². The van der Waals surface area contributed by atoms with Gasteiger partial charge in [-0.2, -0.15) is 0 Å². The molecule has 13 nitrogen and oxygen atoms in total. The smallest absolute Gasteiger partial charge is 0.317 e. The molecule has 1 heterocycles. The van der Waals surface area contributed by atoms with Crippen LogP contribution < -0.4 is 5.73 Å². The highest BCUT2D eigenvalue weighted by atomic mass is 17.1. The number of carbonyl (C=O) groups is 2. The van der Waals surface area contributed by atoms with Gasteiger partial charge in [0.25, 0.3) is 0 Å². The van der Waals surface area contributed by atoms with Crippen molar-refractivity contribution in [1.82, 2.24) is 19.6 Å². The lowest BCUT2D eigenvalue weighted by Gasteiger charge is -2.40. The average Bonchev–Trinajstić information content (AvgIpc) is 2.83. The van der Waals surface area contributed by atoms with Crippen LogP contribution in [0.15, 0.2) is 0 Å². The summed E-state index contributed by atoms with van der Waals surface area (Å²) in [5.74, 6) is -1.42. The highest BCUT2D eigenvalue weighted by Crippen LogP contribution is 2.28. The topological polar surface area (TPSA) is 172 Å². The predicted molar refractivity (Wildman–Crippen MR) is 132 cm³/mol. The molecule has 2 aliphatic rings. The summed E-state index contributed by atoms with van der Waals surface area (Å²) in [6.45, 7) is 4.85. The molecular weight excluding hydrogens is 474 g/mol. The Balaban J connectivity index is 2.26. The third kappa shape index (κ3) is 12.2. The largest absolute Gasteiger partial charge is 0.480 e. The lowest BCUT2D eigenvalue weighted by molar-refractivity contribution is -0.245. The summed E-state index contributed by atoms with van der Waals surface area (Å²) in [4.78, 5) is 40.1. The molecular formula is C23H45N5O8. The van der Waals surface area contributed by atoms with Gasteiger partial charge in [-0.05, 0) is 38.0 Å². The quantitative estimate of drug-likeness (QED) is 0.167. The second-order valence-corrected chi connectivity index (χ2v) is 10.0. The van der Waals surface area contributed by atoms with Crippen molar-refractivity contribution >= 4 is 11.9 Å². The van der Waals surface area contributed by atoms with E-state index in [1.807, 2.05) is 9.80 Å². The van der Waals surface area contributed by atoms with Crippen molar-refractivity contribution in [3.05, 3.63) is 0 Å². The number of rotatable bonds is 12. The summed E-state index contributed by atoms with van der Waals surface area (Å²) < 4.78 is 0. The van der Waals surface area contributed by atoms with E-state index in [2.05, 4.69) is 19.6 Å². The number of aliphatic carboxylic acids is 2. The SMILES string of the molecule is NC1CCC(CC2CN(CC(=O)O)CCN(CCOO)CCN(CCOO)CCN2CC(=O)O)CC1. The van der Waals surface area contributed by atoms with E-state index < -0.39 is 11.9 Å². The van der Waals surface area contributed by atoms with Crippen molar-refractivity contribution in [3.8, 4) is 0 Å². The Labute approximate surface area is 213 Å². The highest BCUT2D eigenvalue weighted by Gasteiger charge is 2.30. The van der Waals surface area contributed by atoms with Gasteiger partial charge in [-0.25, -0.2) is 9.78 Å². The van der Waals surface area contributed by atoms with Crippen molar-refractivity contribution in [2.75, 3.05) is 85.2 Å². The minimum Gasteiger partial charge on any atom is -0.480 e. The van der Waals surface area contributed by atoms with Gasteiger partial charge in [0, 0.05) is 71.0 Å². The summed E-state index contributed by atoms with van der Waals surface area (Å²) in [7, 11) is 0. The third-order valence-corrected chi connectivity index (χ3v) is 7.35. The lowest BCUT2D eigenvalue weighted by Crippen LogP contribution is -2.53. The minimum absolute atomic E-state index is 0.121. The molecule has 0 spiro atoms. The molecule has 2 rings (SSSR count). The zero-order chi connectivity index (χ0) is 26.3. The maximum absolute atomic E-state index is 11.8. The van der Waals surface area contributed by atoms with Gasteiger partial charge < -0.3 is 15.9 Å². The summed E-state index contributed by atoms with van der Waals surface area (Å²) in [5, 5.41) is 36.9. The van der Waals surface area contributed by atoms with Gasteiger partial charge in [0.05, 0.1) is 26.3 Å². The van der Waals surface area contributed by atoms with Crippen LogP contribution in [0.25, 0.3) is 0 Å². The maximum Gasteiger partial charge on any atom is 0.317 e. The van der Waals surface area contributed by atoms with Gasteiger partial charge in [0.15, 0.2) is 0 Å². The zero-order valence-electron chi connectivity index (χ0n) is 21.2. The Morgan fingerprint density at radius 1 is 0.750 bits per heavy atom. The Kier molecular flexibility index (Phi) is 14.7. The van der Waals surface area contributed by atoms with E-state index in [4.69, 9.17) is 16.2 Å². The fourth-order valence-corrected chi connectivity index (χ4v) is 5.28. The van der Waals surface area contributed by atoms with Crippen LogP contribution in [-0.2, 0) is 19.4 Å². The van der Waals surface area contributed by atoms with Crippen LogP contribution in [0.3, 0.4) is 0 Å². The van der Waals surface area contributed by atoms with E-state index in [9.17, 15) is 19.8 Å². The number of nitrogens with two attached hydrogens (primary N) is 1. The first kappa shape index (κ1) is 30.8.